The summed E-state index contributed by atoms with van der Waals surface area (Å²) in [6, 6.07) is 5.42. The Balaban J connectivity index is 1.83. The number of phenolic OH excluding ortho intramolecular Hbond substituents is 1. The number of thiophene rings is 1. The van der Waals surface area contributed by atoms with Gasteiger partial charge in [0.15, 0.2) is 0 Å². The summed E-state index contributed by atoms with van der Waals surface area (Å²) in [5.41, 5.74) is 1.08. The Hall–Kier alpha value is -2.41. The Labute approximate surface area is 130 Å². The van der Waals surface area contributed by atoms with Crippen LogP contribution < -0.4 is 5.32 Å². The fourth-order valence-corrected chi connectivity index (χ4v) is 3.67. The molecule has 2 N–H and O–H groups in total. The van der Waals surface area contributed by atoms with Crippen LogP contribution in [0.5, 0.6) is 5.75 Å². The third-order valence-electron chi connectivity index (χ3n) is 3.66. The van der Waals surface area contributed by atoms with Crippen LogP contribution in [0.2, 0.25) is 0 Å². The fourth-order valence-electron chi connectivity index (χ4n) is 2.52. The molecule has 1 heterocycles. The maximum atomic E-state index is 12.3. The molecule has 2 aromatic rings. The van der Waals surface area contributed by atoms with Gasteiger partial charge >= 0.3 is 0 Å². The van der Waals surface area contributed by atoms with E-state index in [9.17, 15) is 20.0 Å². The number of carbonyl (C=O) groups is 1. The van der Waals surface area contributed by atoms with Crippen molar-refractivity contribution < 1.29 is 14.8 Å². The molecule has 0 aliphatic heterocycles. The fraction of sp³-hybridized carbons (Fsp3) is 0.267. The van der Waals surface area contributed by atoms with Crippen molar-refractivity contribution in [2.24, 2.45) is 0 Å². The summed E-state index contributed by atoms with van der Waals surface area (Å²) in [5.74, 6) is -0.546. The highest BCUT2D eigenvalue weighted by atomic mass is 32.1. The van der Waals surface area contributed by atoms with Gasteiger partial charge in [-0.3, -0.25) is 14.9 Å². The molecule has 0 atom stereocenters. The van der Waals surface area contributed by atoms with Gasteiger partial charge < -0.3 is 10.4 Å². The number of fused-ring (bicyclic) bond motifs is 1. The largest absolute Gasteiger partial charge is 0.506 e. The second-order valence-corrected chi connectivity index (χ2v) is 6.32. The molecule has 0 saturated carbocycles. The number of rotatable bonds is 3. The second-order valence-electron chi connectivity index (χ2n) is 5.18. The minimum absolute atomic E-state index is 0.0468. The van der Waals surface area contributed by atoms with Crippen molar-refractivity contribution in [2.75, 3.05) is 5.32 Å². The normalized spacial score (nSPS) is 13.5. The highest BCUT2D eigenvalue weighted by Crippen LogP contribution is 2.32. The van der Waals surface area contributed by atoms with E-state index in [4.69, 9.17) is 0 Å². The van der Waals surface area contributed by atoms with Crippen LogP contribution in [0.4, 0.5) is 11.4 Å². The van der Waals surface area contributed by atoms with E-state index in [1.807, 2.05) is 6.07 Å². The molecule has 22 heavy (non-hydrogen) atoms. The van der Waals surface area contributed by atoms with Gasteiger partial charge in [0, 0.05) is 17.0 Å². The van der Waals surface area contributed by atoms with Crippen LogP contribution in [0.25, 0.3) is 0 Å². The van der Waals surface area contributed by atoms with Crippen LogP contribution in [0, 0.1) is 10.1 Å². The van der Waals surface area contributed by atoms with Crippen molar-refractivity contribution in [1.82, 2.24) is 0 Å². The lowest BCUT2D eigenvalue weighted by Crippen LogP contribution is -2.10. The lowest BCUT2D eigenvalue weighted by Gasteiger charge is -2.08. The number of anilines is 1. The first kappa shape index (κ1) is 14.5. The maximum absolute atomic E-state index is 12.3. The van der Waals surface area contributed by atoms with Gasteiger partial charge in [0.05, 0.1) is 15.5 Å². The summed E-state index contributed by atoms with van der Waals surface area (Å²) >= 11 is 1.45. The Kier molecular flexibility index (Phi) is 3.81. The minimum Gasteiger partial charge on any atom is -0.506 e. The van der Waals surface area contributed by atoms with Crippen molar-refractivity contribution in [3.8, 4) is 5.75 Å². The SMILES string of the molecule is O=C(Nc1cc([N+](=O)[O-])ccc1O)c1cc2c(s1)CCCC2. The van der Waals surface area contributed by atoms with Gasteiger partial charge in [-0.05, 0) is 43.4 Å². The van der Waals surface area contributed by atoms with Gasteiger partial charge in [0.25, 0.3) is 11.6 Å². The van der Waals surface area contributed by atoms with Crippen molar-refractivity contribution in [1.29, 1.82) is 0 Å². The van der Waals surface area contributed by atoms with Crippen LogP contribution in [0.1, 0.15) is 33.0 Å². The van der Waals surface area contributed by atoms with E-state index in [0.717, 1.165) is 31.7 Å². The van der Waals surface area contributed by atoms with Crippen molar-refractivity contribution >= 4 is 28.6 Å². The molecule has 0 radical (unpaired) electrons. The molecule has 1 aromatic carbocycles. The highest BCUT2D eigenvalue weighted by Gasteiger charge is 2.19. The predicted octanol–water partition coefficient (Wildman–Crippen LogP) is 3.49. The molecule has 1 aromatic heterocycles. The van der Waals surface area contributed by atoms with E-state index in [-0.39, 0.29) is 23.0 Å². The Morgan fingerprint density at radius 2 is 2.05 bits per heavy atom. The summed E-state index contributed by atoms with van der Waals surface area (Å²) in [6.45, 7) is 0. The molecule has 1 aliphatic rings. The Morgan fingerprint density at radius 1 is 1.27 bits per heavy atom. The van der Waals surface area contributed by atoms with Crippen molar-refractivity contribution in [3.05, 3.63) is 49.7 Å². The summed E-state index contributed by atoms with van der Waals surface area (Å²) in [4.78, 5) is 24.3. The van der Waals surface area contributed by atoms with E-state index in [1.54, 1.807) is 0 Å². The average Bonchev–Trinajstić information content (AvgIpc) is 2.93. The average molecular weight is 318 g/mol. The number of amides is 1. The number of benzene rings is 1. The standard InChI is InChI=1S/C15H14N2O4S/c18-12-6-5-10(17(20)21)8-11(12)16-15(19)14-7-9-3-1-2-4-13(9)22-14/h5-8,18H,1-4H2,(H,16,19). The van der Waals surface area contributed by atoms with Gasteiger partial charge in [0.2, 0.25) is 0 Å². The van der Waals surface area contributed by atoms with Gasteiger partial charge in [-0.2, -0.15) is 0 Å². The third-order valence-corrected chi connectivity index (χ3v) is 4.90. The highest BCUT2D eigenvalue weighted by molar-refractivity contribution is 7.14. The number of hydrogen-bond acceptors (Lipinski definition) is 5. The van der Waals surface area contributed by atoms with E-state index in [2.05, 4.69) is 5.32 Å². The lowest BCUT2D eigenvalue weighted by molar-refractivity contribution is -0.384. The number of aryl methyl sites for hydroxylation is 2. The summed E-state index contributed by atoms with van der Waals surface area (Å²) in [5, 5.41) is 23.1. The number of non-ortho nitro benzene ring substituents is 1. The van der Waals surface area contributed by atoms with E-state index < -0.39 is 4.92 Å². The molecule has 1 amide bonds. The predicted molar refractivity (Wildman–Crippen MR) is 83.7 cm³/mol. The van der Waals surface area contributed by atoms with E-state index in [0.29, 0.717) is 4.88 Å². The molecule has 0 fully saturated rings. The van der Waals surface area contributed by atoms with Crippen LogP contribution in [-0.2, 0) is 12.8 Å². The quantitative estimate of drug-likeness (QED) is 0.514. The Morgan fingerprint density at radius 3 is 2.77 bits per heavy atom. The number of phenols is 1. The first-order valence-electron chi connectivity index (χ1n) is 6.95. The summed E-state index contributed by atoms with van der Waals surface area (Å²) in [7, 11) is 0. The zero-order chi connectivity index (χ0) is 15.7. The summed E-state index contributed by atoms with van der Waals surface area (Å²) < 4.78 is 0. The van der Waals surface area contributed by atoms with E-state index >= 15 is 0 Å². The molecular formula is C15H14N2O4S. The Bertz CT molecular complexity index is 730. The number of carbonyl (C=O) groups excluding carboxylic acids is 1. The number of nitro benzene ring substituents is 1. The van der Waals surface area contributed by atoms with Crippen LogP contribution in [0.3, 0.4) is 0 Å². The van der Waals surface area contributed by atoms with Crippen LogP contribution in [-0.4, -0.2) is 15.9 Å². The molecule has 0 unspecified atom stereocenters. The third kappa shape index (κ3) is 2.80. The van der Waals surface area contributed by atoms with E-state index in [1.165, 1.54) is 33.9 Å². The molecule has 114 valence electrons. The zero-order valence-corrected chi connectivity index (χ0v) is 12.5. The van der Waals surface area contributed by atoms with Gasteiger partial charge in [-0.25, -0.2) is 0 Å². The first-order valence-corrected chi connectivity index (χ1v) is 7.76. The number of hydrogen-bond donors (Lipinski definition) is 2. The van der Waals surface area contributed by atoms with Gasteiger partial charge in [-0.1, -0.05) is 0 Å². The molecule has 0 spiro atoms. The molecule has 0 saturated heterocycles. The monoisotopic (exact) mass is 318 g/mol. The second kappa shape index (κ2) is 5.76. The molecule has 7 heteroatoms. The van der Waals surface area contributed by atoms with Gasteiger partial charge in [-0.15, -0.1) is 11.3 Å². The van der Waals surface area contributed by atoms with Gasteiger partial charge in [0.1, 0.15) is 5.75 Å². The zero-order valence-electron chi connectivity index (χ0n) is 11.7. The molecule has 6 nitrogen and oxygen atoms in total. The number of nitrogens with one attached hydrogen (secondary N) is 1. The van der Waals surface area contributed by atoms with Crippen molar-refractivity contribution in [3.63, 3.8) is 0 Å². The topological polar surface area (TPSA) is 92.5 Å². The molecular weight excluding hydrogens is 304 g/mol. The lowest BCUT2D eigenvalue weighted by atomic mass is 9.99. The molecule has 1 aliphatic carbocycles. The number of nitrogens with zero attached hydrogens (tertiary/aromatic N) is 1. The summed E-state index contributed by atoms with van der Waals surface area (Å²) in [6.07, 6.45) is 4.26. The molecule has 3 rings (SSSR count). The molecule has 0 bridgehead atoms. The first-order chi connectivity index (χ1) is 10.5. The van der Waals surface area contributed by atoms with Crippen LogP contribution >= 0.6 is 11.3 Å². The van der Waals surface area contributed by atoms with Crippen LogP contribution in [0.15, 0.2) is 24.3 Å². The number of nitro groups is 1. The maximum Gasteiger partial charge on any atom is 0.271 e. The number of aromatic hydroxyl groups is 1. The smallest absolute Gasteiger partial charge is 0.271 e. The van der Waals surface area contributed by atoms with Crippen molar-refractivity contribution in [2.45, 2.75) is 25.7 Å². The minimum atomic E-state index is -0.570.